The van der Waals surface area contributed by atoms with Crippen molar-refractivity contribution < 1.29 is 4.79 Å². The number of pyridine rings is 1. The van der Waals surface area contributed by atoms with Crippen molar-refractivity contribution in [2.45, 2.75) is 11.1 Å². The molecule has 4 nitrogen and oxygen atoms in total. The molecule has 1 amide bonds. The number of carbonyl (C=O) groups is 1. The van der Waals surface area contributed by atoms with Gasteiger partial charge in [-0.3, -0.25) is 9.78 Å². The Morgan fingerprint density at radius 2 is 1.96 bits per heavy atom. The Balaban J connectivity index is 1.45. The molecule has 0 bridgehead atoms. The highest BCUT2D eigenvalue weighted by Gasteiger charge is 2.27. The third-order valence-electron chi connectivity index (χ3n) is 4.91. The molecule has 0 saturated carbocycles. The van der Waals surface area contributed by atoms with Crippen molar-refractivity contribution in [3.05, 3.63) is 96.1 Å². The van der Waals surface area contributed by atoms with Crippen LogP contribution < -0.4 is 5.32 Å². The average Bonchev–Trinajstić information content (AvgIpc) is 3.31. The van der Waals surface area contributed by atoms with Gasteiger partial charge >= 0.3 is 0 Å². The van der Waals surface area contributed by atoms with E-state index >= 15 is 0 Å². The minimum absolute atomic E-state index is 0.0735. The summed E-state index contributed by atoms with van der Waals surface area (Å²) < 4.78 is 2.22. The van der Waals surface area contributed by atoms with Crippen LogP contribution in [0.15, 0.2) is 79.3 Å². The van der Waals surface area contributed by atoms with E-state index in [1.165, 1.54) is 5.56 Å². The molecule has 1 aliphatic rings. The Kier molecular flexibility index (Phi) is 3.94. The van der Waals surface area contributed by atoms with Crippen molar-refractivity contribution in [1.29, 1.82) is 0 Å². The lowest BCUT2D eigenvalue weighted by molar-refractivity contribution is 0.102. The SMILES string of the molecule is O=C(Nc1ccn2c1CSC2c1cccnc1)c1cccc2ccccc12. The van der Waals surface area contributed by atoms with E-state index in [2.05, 4.69) is 20.9 Å². The smallest absolute Gasteiger partial charge is 0.256 e. The molecule has 0 aliphatic carbocycles. The van der Waals surface area contributed by atoms with Gasteiger partial charge in [-0.15, -0.1) is 11.8 Å². The first-order valence-electron chi connectivity index (χ1n) is 8.81. The largest absolute Gasteiger partial charge is 0.332 e. The molecule has 27 heavy (non-hydrogen) atoms. The summed E-state index contributed by atoms with van der Waals surface area (Å²) in [4.78, 5) is 17.2. The van der Waals surface area contributed by atoms with Crippen LogP contribution in [-0.4, -0.2) is 15.5 Å². The van der Waals surface area contributed by atoms with E-state index in [4.69, 9.17) is 0 Å². The van der Waals surface area contributed by atoms with Crippen molar-refractivity contribution in [3.63, 3.8) is 0 Å². The molecular formula is C22H17N3OS. The second-order valence-corrected chi connectivity index (χ2v) is 7.58. The second kappa shape index (κ2) is 6.59. The minimum atomic E-state index is -0.0735. The molecular weight excluding hydrogens is 354 g/mol. The zero-order valence-corrected chi connectivity index (χ0v) is 15.3. The first-order valence-corrected chi connectivity index (χ1v) is 9.86. The predicted molar refractivity (Wildman–Crippen MR) is 110 cm³/mol. The van der Waals surface area contributed by atoms with Gasteiger partial charge < -0.3 is 9.88 Å². The van der Waals surface area contributed by atoms with Gasteiger partial charge in [0.1, 0.15) is 5.37 Å². The van der Waals surface area contributed by atoms with Crippen molar-refractivity contribution in [3.8, 4) is 0 Å². The summed E-state index contributed by atoms with van der Waals surface area (Å²) in [6.45, 7) is 0. The Labute approximate surface area is 161 Å². The van der Waals surface area contributed by atoms with Crippen LogP contribution in [0.4, 0.5) is 5.69 Å². The normalized spacial score (nSPS) is 15.6. The van der Waals surface area contributed by atoms with Crippen LogP contribution in [0.1, 0.15) is 27.0 Å². The molecule has 0 fully saturated rings. The topological polar surface area (TPSA) is 46.9 Å². The lowest BCUT2D eigenvalue weighted by atomic mass is 10.0. The molecule has 0 spiro atoms. The van der Waals surface area contributed by atoms with Gasteiger partial charge in [-0.1, -0.05) is 42.5 Å². The number of carbonyl (C=O) groups excluding carboxylic acids is 1. The number of thioether (sulfide) groups is 1. The summed E-state index contributed by atoms with van der Waals surface area (Å²) in [6, 6.07) is 19.8. The fourth-order valence-electron chi connectivity index (χ4n) is 3.60. The maximum absolute atomic E-state index is 12.9. The van der Waals surface area contributed by atoms with E-state index in [1.54, 1.807) is 6.20 Å². The molecule has 5 heteroatoms. The van der Waals surface area contributed by atoms with E-state index in [-0.39, 0.29) is 11.3 Å². The van der Waals surface area contributed by atoms with Crippen molar-refractivity contribution in [2.24, 2.45) is 0 Å². The van der Waals surface area contributed by atoms with Crippen LogP contribution in [0.25, 0.3) is 10.8 Å². The highest BCUT2D eigenvalue weighted by Crippen LogP contribution is 2.43. The lowest BCUT2D eigenvalue weighted by Gasteiger charge is -2.12. The zero-order chi connectivity index (χ0) is 18.2. The van der Waals surface area contributed by atoms with Gasteiger partial charge in [0.2, 0.25) is 0 Å². The molecule has 1 unspecified atom stereocenters. The third kappa shape index (κ3) is 2.80. The number of benzene rings is 2. The minimum Gasteiger partial charge on any atom is -0.332 e. The first-order chi connectivity index (χ1) is 13.3. The number of amides is 1. The molecule has 0 radical (unpaired) electrons. The van der Waals surface area contributed by atoms with E-state index in [9.17, 15) is 4.79 Å². The molecule has 2 aromatic carbocycles. The number of anilines is 1. The highest BCUT2D eigenvalue weighted by molar-refractivity contribution is 7.99. The van der Waals surface area contributed by atoms with E-state index in [0.717, 1.165) is 27.9 Å². The Bertz CT molecular complexity index is 1130. The second-order valence-electron chi connectivity index (χ2n) is 6.51. The number of nitrogens with one attached hydrogen (secondary N) is 1. The molecule has 1 N–H and O–H groups in total. The summed E-state index contributed by atoms with van der Waals surface area (Å²) in [7, 11) is 0. The zero-order valence-electron chi connectivity index (χ0n) is 14.5. The Morgan fingerprint density at radius 1 is 1.07 bits per heavy atom. The van der Waals surface area contributed by atoms with Gasteiger partial charge in [0, 0.05) is 35.5 Å². The number of rotatable bonds is 3. The van der Waals surface area contributed by atoms with Gasteiger partial charge in [0.25, 0.3) is 5.91 Å². The van der Waals surface area contributed by atoms with Gasteiger partial charge in [-0.05, 0) is 29.0 Å². The lowest BCUT2D eigenvalue weighted by Crippen LogP contribution is -2.13. The summed E-state index contributed by atoms with van der Waals surface area (Å²) in [6.07, 6.45) is 5.74. The quantitative estimate of drug-likeness (QED) is 0.546. The number of hydrogen-bond acceptors (Lipinski definition) is 3. The van der Waals surface area contributed by atoms with Gasteiger partial charge in [0.15, 0.2) is 0 Å². The monoisotopic (exact) mass is 371 g/mol. The number of hydrogen-bond donors (Lipinski definition) is 1. The molecule has 5 rings (SSSR count). The van der Waals surface area contributed by atoms with Crippen molar-refractivity contribution in [1.82, 2.24) is 9.55 Å². The molecule has 1 atom stereocenters. The third-order valence-corrected chi connectivity index (χ3v) is 6.16. The van der Waals surface area contributed by atoms with Crippen LogP contribution >= 0.6 is 11.8 Å². The van der Waals surface area contributed by atoms with E-state index in [0.29, 0.717) is 5.56 Å². The van der Waals surface area contributed by atoms with Crippen molar-refractivity contribution >= 4 is 34.1 Å². The van der Waals surface area contributed by atoms with Gasteiger partial charge in [-0.25, -0.2) is 0 Å². The Morgan fingerprint density at radius 3 is 2.85 bits per heavy atom. The van der Waals surface area contributed by atoms with Crippen molar-refractivity contribution in [2.75, 3.05) is 5.32 Å². The van der Waals surface area contributed by atoms with E-state index in [1.807, 2.05) is 78.8 Å². The number of aromatic nitrogens is 2. The van der Waals surface area contributed by atoms with Crippen LogP contribution in [-0.2, 0) is 5.75 Å². The molecule has 132 valence electrons. The van der Waals surface area contributed by atoms with Gasteiger partial charge in [0.05, 0.1) is 11.4 Å². The maximum atomic E-state index is 12.9. The van der Waals surface area contributed by atoms with Crippen LogP contribution in [0, 0.1) is 0 Å². The summed E-state index contributed by atoms with van der Waals surface area (Å²) in [5.74, 6) is 0.785. The Hall–Kier alpha value is -3.05. The van der Waals surface area contributed by atoms with E-state index < -0.39 is 0 Å². The fourth-order valence-corrected chi connectivity index (χ4v) is 4.91. The molecule has 4 aromatic rings. The van der Waals surface area contributed by atoms with Gasteiger partial charge in [-0.2, -0.15) is 0 Å². The highest BCUT2D eigenvalue weighted by atomic mass is 32.2. The first kappa shape index (κ1) is 16.1. The molecule has 3 heterocycles. The number of nitrogens with zero attached hydrogens (tertiary/aromatic N) is 2. The summed E-state index contributed by atoms with van der Waals surface area (Å²) in [5, 5.41) is 5.36. The fraction of sp³-hybridized carbons (Fsp3) is 0.0909. The molecule has 2 aromatic heterocycles. The standard InChI is InChI=1S/C22H17N3OS/c26-21(18-9-3-6-15-5-1-2-8-17(15)18)24-19-10-12-25-20(19)14-27-22(25)16-7-4-11-23-13-16/h1-13,22H,14H2,(H,24,26). The van der Waals surface area contributed by atoms with Crippen LogP contribution in [0.2, 0.25) is 0 Å². The van der Waals surface area contributed by atoms with Crippen LogP contribution in [0.5, 0.6) is 0 Å². The van der Waals surface area contributed by atoms with Crippen LogP contribution in [0.3, 0.4) is 0 Å². The summed E-state index contributed by atoms with van der Waals surface area (Å²) >= 11 is 1.84. The summed E-state index contributed by atoms with van der Waals surface area (Å²) in [5.41, 5.74) is 3.89. The molecule has 1 aliphatic heterocycles. The maximum Gasteiger partial charge on any atom is 0.256 e. The average molecular weight is 371 g/mol. The number of fused-ring (bicyclic) bond motifs is 2. The predicted octanol–water partition coefficient (Wildman–Crippen LogP) is 5.08. The molecule has 0 saturated heterocycles.